The number of halogens is 1. The number of nitrogens with zero attached hydrogens (tertiary/aromatic N) is 1. The second kappa shape index (κ2) is 13.1. The van der Waals surface area contributed by atoms with Crippen LogP contribution in [0.1, 0.15) is 31.0 Å². The predicted molar refractivity (Wildman–Crippen MR) is 123 cm³/mol. The lowest BCUT2D eigenvalue weighted by Gasteiger charge is -2.18. The van der Waals surface area contributed by atoms with Gasteiger partial charge in [-0.3, -0.25) is 4.79 Å². The molecule has 0 radical (unpaired) electrons. The number of hydrogen-bond acceptors (Lipinski definition) is 2. The summed E-state index contributed by atoms with van der Waals surface area (Å²) in [5.74, 6) is 0.563. The molecule has 3 N–H and O–H groups in total. The third kappa shape index (κ3) is 8.90. The van der Waals surface area contributed by atoms with Crippen LogP contribution in [0.3, 0.4) is 0 Å². The van der Waals surface area contributed by atoms with Gasteiger partial charge in [0.1, 0.15) is 6.54 Å². The minimum atomic E-state index is -0.0782. The third-order valence-electron chi connectivity index (χ3n) is 3.96. The van der Waals surface area contributed by atoms with Crippen molar-refractivity contribution in [3.63, 3.8) is 0 Å². The van der Waals surface area contributed by atoms with E-state index in [9.17, 15) is 4.79 Å². The first-order valence-electron chi connectivity index (χ1n) is 9.09. The fraction of sp³-hybridized carbons (Fsp3) is 0.333. The van der Waals surface area contributed by atoms with Crippen LogP contribution in [0, 0.1) is 0 Å². The van der Waals surface area contributed by atoms with Gasteiger partial charge in [-0.2, -0.15) is 0 Å². The van der Waals surface area contributed by atoms with E-state index in [0.29, 0.717) is 12.5 Å². The minimum Gasteiger partial charge on any atom is -0.357 e. The average Bonchev–Trinajstić information content (AvgIpc) is 2.68. The molecule has 0 aliphatic rings. The molecule has 27 heavy (non-hydrogen) atoms. The van der Waals surface area contributed by atoms with Crippen LogP contribution in [0.2, 0.25) is 0 Å². The van der Waals surface area contributed by atoms with Crippen LogP contribution in [-0.4, -0.2) is 31.5 Å². The topological polar surface area (TPSA) is 65.5 Å². The maximum Gasteiger partial charge on any atom is 0.241 e. The lowest BCUT2D eigenvalue weighted by Crippen LogP contribution is -2.39. The molecule has 0 aliphatic carbocycles. The van der Waals surface area contributed by atoms with E-state index in [0.717, 1.165) is 13.0 Å². The molecule has 0 bridgehead atoms. The normalized spacial score (nSPS) is 11.9. The number of amides is 1. The molecule has 1 unspecified atom stereocenters. The molecular formula is C21H29IN4O. The van der Waals surface area contributed by atoms with Crippen molar-refractivity contribution in [2.24, 2.45) is 4.99 Å². The lowest BCUT2D eigenvalue weighted by molar-refractivity contribution is -0.119. The van der Waals surface area contributed by atoms with E-state index >= 15 is 0 Å². The number of carbonyl (C=O) groups is 1. The highest BCUT2D eigenvalue weighted by atomic mass is 127. The molecule has 1 atom stereocenters. The monoisotopic (exact) mass is 480 g/mol. The largest absolute Gasteiger partial charge is 0.357 e. The van der Waals surface area contributed by atoms with Gasteiger partial charge in [-0.15, -0.1) is 24.0 Å². The molecule has 2 aromatic rings. The van der Waals surface area contributed by atoms with Crippen molar-refractivity contribution in [1.82, 2.24) is 16.0 Å². The Morgan fingerprint density at radius 1 is 1.00 bits per heavy atom. The molecule has 0 aromatic heterocycles. The van der Waals surface area contributed by atoms with E-state index in [1.807, 2.05) is 43.3 Å². The highest BCUT2D eigenvalue weighted by molar-refractivity contribution is 14.0. The number of guanidine groups is 1. The number of aliphatic imine (C=N–C) groups is 1. The highest BCUT2D eigenvalue weighted by Gasteiger charge is 2.08. The van der Waals surface area contributed by atoms with Crippen LogP contribution >= 0.6 is 24.0 Å². The molecule has 2 aromatic carbocycles. The van der Waals surface area contributed by atoms with Crippen LogP contribution in [0.4, 0.5) is 0 Å². The van der Waals surface area contributed by atoms with Crippen LogP contribution in [0.15, 0.2) is 65.7 Å². The summed E-state index contributed by atoms with van der Waals surface area (Å²) in [6.45, 7) is 5.53. The molecule has 6 heteroatoms. The number of nitrogens with one attached hydrogen (secondary N) is 3. The molecule has 5 nitrogen and oxygen atoms in total. The molecule has 0 spiro atoms. The van der Waals surface area contributed by atoms with Crippen LogP contribution < -0.4 is 16.0 Å². The SMILES string of the molecule is CCNC(=NCC(=O)NCCc1ccccc1)NC(C)c1ccccc1.I. The molecule has 0 heterocycles. The maximum absolute atomic E-state index is 12.0. The summed E-state index contributed by atoms with van der Waals surface area (Å²) in [4.78, 5) is 16.4. The summed E-state index contributed by atoms with van der Waals surface area (Å²) in [7, 11) is 0. The minimum absolute atomic E-state index is 0. The van der Waals surface area contributed by atoms with E-state index in [2.05, 4.69) is 52.1 Å². The Balaban J connectivity index is 0.00000364. The van der Waals surface area contributed by atoms with Gasteiger partial charge in [-0.1, -0.05) is 60.7 Å². The second-order valence-electron chi connectivity index (χ2n) is 6.06. The van der Waals surface area contributed by atoms with Crippen molar-refractivity contribution < 1.29 is 4.79 Å². The fourth-order valence-corrected chi connectivity index (χ4v) is 2.55. The van der Waals surface area contributed by atoms with E-state index < -0.39 is 0 Å². The smallest absolute Gasteiger partial charge is 0.241 e. The molecule has 146 valence electrons. The van der Waals surface area contributed by atoms with Gasteiger partial charge in [0.25, 0.3) is 0 Å². The summed E-state index contributed by atoms with van der Waals surface area (Å²) < 4.78 is 0. The zero-order chi connectivity index (χ0) is 18.6. The van der Waals surface area contributed by atoms with Crippen LogP contribution in [-0.2, 0) is 11.2 Å². The van der Waals surface area contributed by atoms with Gasteiger partial charge in [0.05, 0.1) is 6.04 Å². The van der Waals surface area contributed by atoms with Gasteiger partial charge < -0.3 is 16.0 Å². The Morgan fingerprint density at radius 3 is 2.26 bits per heavy atom. The van der Waals surface area contributed by atoms with Crippen molar-refractivity contribution in [2.75, 3.05) is 19.6 Å². The lowest BCUT2D eigenvalue weighted by atomic mass is 10.1. The summed E-state index contributed by atoms with van der Waals surface area (Å²) >= 11 is 0. The molecular weight excluding hydrogens is 451 g/mol. The third-order valence-corrected chi connectivity index (χ3v) is 3.96. The average molecular weight is 480 g/mol. The quantitative estimate of drug-likeness (QED) is 0.309. The van der Waals surface area contributed by atoms with Crippen molar-refractivity contribution in [3.05, 3.63) is 71.8 Å². The first-order chi connectivity index (χ1) is 12.7. The molecule has 0 fully saturated rings. The number of rotatable bonds is 8. The van der Waals surface area contributed by atoms with Crippen molar-refractivity contribution in [2.45, 2.75) is 26.3 Å². The molecule has 1 amide bonds. The highest BCUT2D eigenvalue weighted by Crippen LogP contribution is 2.10. The number of carbonyl (C=O) groups excluding carboxylic acids is 1. The van der Waals surface area contributed by atoms with E-state index in [1.165, 1.54) is 11.1 Å². The summed E-state index contributed by atoms with van der Waals surface area (Å²) in [5.41, 5.74) is 2.38. The van der Waals surface area contributed by atoms with Gasteiger partial charge in [-0.05, 0) is 31.4 Å². The molecule has 0 saturated carbocycles. The van der Waals surface area contributed by atoms with Crippen LogP contribution in [0.25, 0.3) is 0 Å². The Kier molecular flexibility index (Phi) is 11.2. The van der Waals surface area contributed by atoms with Gasteiger partial charge in [-0.25, -0.2) is 4.99 Å². The van der Waals surface area contributed by atoms with Crippen molar-refractivity contribution >= 4 is 35.8 Å². The van der Waals surface area contributed by atoms with Crippen molar-refractivity contribution in [1.29, 1.82) is 0 Å². The first-order valence-corrected chi connectivity index (χ1v) is 9.09. The summed E-state index contributed by atoms with van der Waals surface area (Å²) in [5, 5.41) is 9.42. The molecule has 0 saturated heterocycles. The standard InChI is InChI=1S/C21H28N4O.HI/c1-3-22-21(25-17(2)19-12-8-5-9-13-19)24-16-20(26)23-15-14-18-10-6-4-7-11-18;/h4-13,17H,3,14-16H2,1-2H3,(H,23,26)(H2,22,24,25);1H. The number of benzene rings is 2. The second-order valence-corrected chi connectivity index (χ2v) is 6.06. The first kappa shape index (κ1) is 23.0. The molecule has 0 aliphatic heterocycles. The van der Waals surface area contributed by atoms with E-state index in [-0.39, 0.29) is 42.5 Å². The van der Waals surface area contributed by atoms with Gasteiger partial charge in [0.15, 0.2) is 5.96 Å². The van der Waals surface area contributed by atoms with E-state index in [4.69, 9.17) is 0 Å². The Bertz CT molecular complexity index is 692. The van der Waals surface area contributed by atoms with E-state index in [1.54, 1.807) is 0 Å². The zero-order valence-corrected chi connectivity index (χ0v) is 18.3. The number of hydrogen-bond donors (Lipinski definition) is 3. The van der Waals surface area contributed by atoms with Crippen molar-refractivity contribution in [3.8, 4) is 0 Å². The summed E-state index contributed by atoms with van der Waals surface area (Å²) in [6, 6.07) is 20.4. The Morgan fingerprint density at radius 2 is 1.63 bits per heavy atom. The van der Waals surface area contributed by atoms with Gasteiger partial charge in [0.2, 0.25) is 5.91 Å². The Labute approximate surface area is 179 Å². The summed E-state index contributed by atoms with van der Waals surface area (Å²) in [6.07, 6.45) is 0.819. The Hall–Kier alpha value is -2.09. The molecule has 2 rings (SSSR count). The fourth-order valence-electron chi connectivity index (χ4n) is 2.55. The van der Waals surface area contributed by atoms with Gasteiger partial charge in [0, 0.05) is 13.1 Å². The maximum atomic E-state index is 12.0. The van der Waals surface area contributed by atoms with Crippen LogP contribution in [0.5, 0.6) is 0 Å². The predicted octanol–water partition coefficient (Wildman–Crippen LogP) is 3.28. The zero-order valence-electron chi connectivity index (χ0n) is 15.9. The van der Waals surface area contributed by atoms with Gasteiger partial charge >= 0.3 is 0 Å².